The minimum Gasteiger partial charge on any atom is -0.476 e. The number of aromatic carboxylic acids is 1. The molecule has 0 aromatic carbocycles. The van der Waals surface area contributed by atoms with E-state index < -0.39 is 5.97 Å². The SMILES string of the molecule is O=C(O)c1cnc(NCCN2CCCCC2)cn1. The van der Waals surface area contributed by atoms with E-state index in [1.54, 1.807) is 0 Å². The molecule has 1 aromatic rings. The third-order valence-electron chi connectivity index (χ3n) is 3.05. The van der Waals surface area contributed by atoms with Crippen molar-refractivity contribution in [1.29, 1.82) is 0 Å². The van der Waals surface area contributed by atoms with Crippen molar-refractivity contribution in [2.24, 2.45) is 0 Å². The van der Waals surface area contributed by atoms with E-state index >= 15 is 0 Å². The molecule has 98 valence electrons. The number of carbonyl (C=O) groups is 1. The van der Waals surface area contributed by atoms with Crippen LogP contribution in [0.15, 0.2) is 12.4 Å². The third-order valence-corrected chi connectivity index (χ3v) is 3.05. The van der Waals surface area contributed by atoms with Crippen LogP contribution in [0.5, 0.6) is 0 Å². The Kier molecular flexibility index (Phi) is 4.46. The monoisotopic (exact) mass is 250 g/mol. The molecule has 1 aromatic heterocycles. The van der Waals surface area contributed by atoms with Crippen LogP contribution in [0.25, 0.3) is 0 Å². The molecule has 6 heteroatoms. The number of piperidine rings is 1. The first-order valence-electron chi connectivity index (χ1n) is 6.27. The lowest BCUT2D eigenvalue weighted by molar-refractivity contribution is 0.0690. The van der Waals surface area contributed by atoms with E-state index in [9.17, 15) is 4.79 Å². The Morgan fingerprint density at radius 3 is 2.67 bits per heavy atom. The summed E-state index contributed by atoms with van der Waals surface area (Å²) in [6, 6.07) is 0. The van der Waals surface area contributed by atoms with Crippen molar-refractivity contribution in [2.45, 2.75) is 19.3 Å². The molecule has 1 fully saturated rings. The fourth-order valence-electron chi connectivity index (χ4n) is 2.05. The summed E-state index contributed by atoms with van der Waals surface area (Å²) in [6.45, 7) is 4.14. The maximum Gasteiger partial charge on any atom is 0.356 e. The second-order valence-electron chi connectivity index (χ2n) is 4.42. The Hall–Kier alpha value is -1.69. The van der Waals surface area contributed by atoms with Gasteiger partial charge in [0.25, 0.3) is 0 Å². The van der Waals surface area contributed by atoms with E-state index in [0.717, 1.165) is 13.1 Å². The van der Waals surface area contributed by atoms with Crippen molar-refractivity contribution in [3.63, 3.8) is 0 Å². The van der Waals surface area contributed by atoms with E-state index in [4.69, 9.17) is 5.11 Å². The average molecular weight is 250 g/mol. The second kappa shape index (κ2) is 6.30. The van der Waals surface area contributed by atoms with Gasteiger partial charge in [-0.05, 0) is 25.9 Å². The third kappa shape index (κ3) is 3.66. The van der Waals surface area contributed by atoms with Crippen LogP contribution in [0.4, 0.5) is 5.82 Å². The zero-order valence-corrected chi connectivity index (χ0v) is 10.3. The Morgan fingerprint density at radius 1 is 1.28 bits per heavy atom. The molecule has 0 spiro atoms. The molecule has 2 N–H and O–H groups in total. The van der Waals surface area contributed by atoms with Gasteiger partial charge in [-0.15, -0.1) is 0 Å². The molecule has 2 rings (SSSR count). The Bertz CT molecular complexity index is 388. The van der Waals surface area contributed by atoms with E-state index in [0.29, 0.717) is 5.82 Å². The van der Waals surface area contributed by atoms with E-state index in [1.807, 2.05) is 0 Å². The molecular formula is C12H18N4O2. The Morgan fingerprint density at radius 2 is 2.06 bits per heavy atom. The molecular weight excluding hydrogens is 232 g/mol. The fourth-order valence-corrected chi connectivity index (χ4v) is 2.05. The molecule has 1 saturated heterocycles. The Labute approximate surface area is 106 Å². The Balaban J connectivity index is 1.74. The normalized spacial score (nSPS) is 16.4. The minimum atomic E-state index is -1.05. The number of rotatable bonds is 5. The largest absolute Gasteiger partial charge is 0.476 e. The van der Waals surface area contributed by atoms with Crippen LogP contribution in [-0.2, 0) is 0 Å². The van der Waals surface area contributed by atoms with Gasteiger partial charge in [-0.25, -0.2) is 14.8 Å². The van der Waals surface area contributed by atoms with Gasteiger partial charge in [0.2, 0.25) is 0 Å². The van der Waals surface area contributed by atoms with Crippen LogP contribution in [0, 0.1) is 0 Å². The zero-order valence-electron chi connectivity index (χ0n) is 10.3. The number of nitrogens with one attached hydrogen (secondary N) is 1. The maximum atomic E-state index is 10.6. The lowest BCUT2D eigenvalue weighted by Gasteiger charge is -2.26. The predicted octanol–water partition coefficient (Wildman–Crippen LogP) is 1.07. The molecule has 1 aliphatic heterocycles. The van der Waals surface area contributed by atoms with E-state index in [2.05, 4.69) is 20.2 Å². The molecule has 1 aliphatic rings. The molecule has 0 atom stereocenters. The highest BCUT2D eigenvalue weighted by Gasteiger charge is 2.09. The highest BCUT2D eigenvalue weighted by atomic mass is 16.4. The number of hydrogen-bond donors (Lipinski definition) is 2. The van der Waals surface area contributed by atoms with Crippen molar-refractivity contribution >= 4 is 11.8 Å². The first-order valence-corrected chi connectivity index (χ1v) is 6.27. The number of carboxylic acid groups (broad SMARTS) is 1. The van der Waals surface area contributed by atoms with Crippen LogP contribution in [0.2, 0.25) is 0 Å². The molecule has 0 unspecified atom stereocenters. The van der Waals surface area contributed by atoms with Gasteiger partial charge in [0.15, 0.2) is 5.69 Å². The minimum absolute atomic E-state index is 0.0309. The summed E-state index contributed by atoms with van der Waals surface area (Å²) >= 11 is 0. The van der Waals surface area contributed by atoms with Crippen molar-refractivity contribution in [1.82, 2.24) is 14.9 Å². The fraction of sp³-hybridized carbons (Fsp3) is 0.583. The van der Waals surface area contributed by atoms with Crippen molar-refractivity contribution in [3.05, 3.63) is 18.1 Å². The van der Waals surface area contributed by atoms with Gasteiger partial charge < -0.3 is 15.3 Å². The second-order valence-corrected chi connectivity index (χ2v) is 4.42. The number of carboxylic acids is 1. The molecule has 2 heterocycles. The summed E-state index contributed by atoms with van der Waals surface area (Å²) in [5.41, 5.74) is -0.0309. The first-order chi connectivity index (χ1) is 8.75. The highest BCUT2D eigenvalue weighted by molar-refractivity contribution is 5.84. The number of hydrogen-bond acceptors (Lipinski definition) is 5. The quantitative estimate of drug-likeness (QED) is 0.814. The molecule has 0 saturated carbocycles. The zero-order chi connectivity index (χ0) is 12.8. The van der Waals surface area contributed by atoms with Gasteiger partial charge >= 0.3 is 5.97 Å². The molecule has 0 amide bonds. The number of anilines is 1. The van der Waals surface area contributed by atoms with Crippen molar-refractivity contribution in [3.8, 4) is 0 Å². The number of likely N-dealkylation sites (tertiary alicyclic amines) is 1. The van der Waals surface area contributed by atoms with Crippen LogP contribution in [0.3, 0.4) is 0 Å². The molecule has 0 bridgehead atoms. The van der Waals surface area contributed by atoms with Gasteiger partial charge in [0.05, 0.1) is 12.4 Å². The van der Waals surface area contributed by atoms with Gasteiger partial charge in [0.1, 0.15) is 5.82 Å². The maximum absolute atomic E-state index is 10.6. The van der Waals surface area contributed by atoms with E-state index in [-0.39, 0.29) is 5.69 Å². The number of aromatic nitrogens is 2. The number of nitrogens with zero attached hydrogens (tertiary/aromatic N) is 3. The first kappa shape index (κ1) is 12.8. The van der Waals surface area contributed by atoms with Crippen molar-refractivity contribution in [2.75, 3.05) is 31.5 Å². The van der Waals surface area contributed by atoms with Gasteiger partial charge in [-0.1, -0.05) is 6.42 Å². The van der Waals surface area contributed by atoms with Gasteiger partial charge in [-0.3, -0.25) is 0 Å². The van der Waals surface area contributed by atoms with Crippen LogP contribution in [0.1, 0.15) is 29.8 Å². The lowest BCUT2D eigenvalue weighted by Crippen LogP contribution is -2.33. The predicted molar refractivity (Wildman–Crippen MR) is 67.8 cm³/mol. The average Bonchev–Trinajstić information content (AvgIpc) is 2.40. The van der Waals surface area contributed by atoms with Crippen LogP contribution < -0.4 is 5.32 Å². The summed E-state index contributed by atoms with van der Waals surface area (Å²) in [4.78, 5) is 20.8. The molecule has 0 aliphatic carbocycles. The summed E-state index contributed by atoms with van der Waals surface area (Å²) in [5, 5.41) is 11.8. The topological polar surface area (TPSA) is 78.3 Å². The summed E-state index contributed by atoms with van der Waals surface area (Å²) in [7, 11) is 0. The molecule has 6 nitrogen and oxygen atoms in total. The van der Waals surface area contributed by atoms with E-state index in [1.165, 1.54) is 44.7 Å². The van der Waals surface area contributed by atoms with Gasteiger partial charge in [-0.2, -0.15) is 0 Å². The highest BCUT2D eigenvalue weighted by Crippen LogP contribution is 2.08. The van der Waals surface area contributed by atoms with Gasteiger partial charge in [0, 0.05) is 13.1 Å². The summed E-state index contributed by atoms with van der Waals surface area (Å²) in [5.74, 6) is -0.431. The molecule has 0 radical (unpaired) electrons. The van der Waals surface area contributed by atoms with Crippen molar-refractivity contribution < 1.29 is 9.90 Å². The smallest absolute Gasteiger partial charge is 0.356 e. The van der Waals surface area contributed by atoms with Crippen LogP contribution >= 0.6 is 0 Å². The standard InChI is InChI=1S/C12H18N4O2/c17-12(18)10-8-15-11(9-14-10)13-4-7-16-5-2-1-3-6-16/h8-9H,1-7H2,(H,13,15)(H,17,18). The summed E-state index contributed by atoms with van der Waals surface area (Å²) < 4.78 is 0. The summed E-state index contributed by atoms with van der Waals surface area (Å²) in [6.07, 6.45) is 6.64. The lowest BCUT2D eigenvalue weighted by atomic mass is 10.1. The van der Waals surface area contributed by atoms with Crippen LogP contribution in [-0.4, -0.2) is 52.1 Å². The molecule has 18 heavy (non-hydrogen) atoms.